The van der Waals surface area contributed by atoms with Crippen molar-refractivity contribution >= 4 is 0 Å². The van der Waals surface area contributed by atoms with Crippen LogP contribution in [0.2, 0.25) is 0 Å². The van der Waals surface area contributed by atoms with E-state index < -0.39 is 0 Å². The molecule has 3 nitrogen and oxygen atoms in total. The molecular weight excluding hydrogens is 188 g/mol. The maximum absolute atomic E-state index is 5.38. The number of nitrogens with zero attached hydrogens (tertiary/aromatic N) is 1. The quantitative estimate of drug-likeness (QED) is 0.702. The summed E-state index contributed by atoms with van der Waals surface area (Å²) < 4.78 is 5.38. The van der Waals surface area contributed by atoms with Gasteiger partial charge in [0.25, 0.3) is 0 Å². The van der Waals surface area contributed by atoms with Gasteiger partial charge in [0.1, 0.15) is 0 Å². The zero-order valence-electron chi connectivity index (χ0n) is 10.7. The van der Waals surface area contributed by atoms with Gasteiger partial charge in [-0.2, -0.15) is 0 Å². The monoisotopic (exact) mass is 214 g/mol. The fourth-order valence-electron chi connectivity index (χ4n) is 2.07. The molecule has 90 valence electrons. The second-order valence-electron chi connectivity index (χ2n) is 5.09. The third kappa shape index (κ3) is 4.09. The van der Waals surface area contributed by atoms with Crippen molar-refractivity contribution in [1.29, 1.82) is 0 Å². The summed E-state index contributed by atoms with van der Waals surface area (Å²) in [7, 11) is 0. The second kappa shape index (κ2) is 5.83. The molecule has 1 aliphatic heterocycles. The van der Waals surface area contributed by atoms with Crippen LogP contribution < -0.4 is 5.32 Å². The van der Waals surface area contributed by atoms with Crippen LogP contribution in [0.25, 0.3) is 0 Å². The van der Waals surface area contributed by atoms with Gasteiger partial charge in [-0.3, -0.25) is 4.90 Å². The molecule has 1 rings (SSSR count). The first-order valence-electron chi connectivity index (χ1n) is 6.12. The van der Waals surface area contributed by atoms with Crippen LogP contribution in [-0.2, 0) is 4.74 Å². The fourth-order valence-corrected chi connectivity index (χ4v) is 2.07. The molecule has 3 heteroatoms. The van der Waals surface area contributed by atoms with Gasteiger partial charge in [-0.15, -0.1) is 0 Å². The van der Waals surface area contributed by atoms with Gasteiger partial charge in [-0.05, 0) is 34.1 Å². The highest BCUT2D eigenvalue weighted by Crippen LogP contribution is 2.18. The van der Waals surface area contributed by atoms with E-state index in [0.29, 0.717) is 11.6 Å². The van der Waals surface area contributed by atoms with Crippen molar-refractivity contribution in [2.45, 2.75) is 45.7 Å². The Labute approximate surface area is 94.2 Å². The Bertz CT molecular complexity index is 182. The molecule has 0 aromatic heterocycles. The lowest BCUT2D eigenvalue weighted by molar-refractivity contribution is 0.0555. The lowest BCUT2D eigenvalue weighted by Gasteiger charge is -2.45. The first-order valence-corrected chi connectivity index (χ1v) is 6.12. The Kier molecular flexibility index (Phi) is 5.03. The molecule has 1 heterocycles. The van der Waals surface area contributed by atoms with E-state index in [1.807, 2.05) is 0 Å². The van der Waals surface area contributed by atoms with E-state index in [0.717, 1.165) is 39.3 Å². The van der Waals surface area contributed by atoms with Crippen LogP contribution in [0.4, 0.5) is 0 Å². The maximum Gasteiger partial charge on any atom is 0.0478 e. The maximum atomic E-state index is 5.38. The van der Waals surface area contributed by atoms with Gasteiger partial charge in [0.15, 0.2) is 0 Å². The minimum atomic E-state index is 0.290. The van der Waals surface area contributed by atoms with Crippen LogP contribution in [0, 0.1) is 0 Å². The molecule has 0 aromatic rings. The molecule has 1 saturated heterocycles. The summed E-state index contributed by atoms with van der Waals surface area (Å²) in [6, 6.07) is 0.616. The average Bonchev–Trinajstić information content (AvgIpc) is 2.18. The third-order valence-electron chi connectivity index (χ3n) is 3.15. The first kappa shape index (κ1) is 12.9. The van der Waals surface area contributed by atoms with E-state index in [1.54, 1.807) is 0 Å². The Morgan fingerprint density at radius 1 is 1.47 bits per heavy atom. The number of nitrogens with one attached hydrogen (secondary N) is 1. The molecule has 1 atom stereocenters. The zero-order chi connectivity index (χ0) is 11.3. The largest absolute Gasteiger partial charge is 0.382 e. The summed E-state index contributed by atoms with van der Waals surface area (Å²) in [5.41, 5.74) is 0.290. The molecule has 0 saturated carbocycles. The van der Waals surface area contributed by atoms with Crippen molar-refractivity contribution in [2.75, 3.05) is 32.8 Å². The van der Waals surface area contributed by atoms with E-state index in [2.05, 4.69) is 37.9 Å². The van der Waals surface area contributed by atoms with E-state index in [-0.39, 0.29) is 0 Å². The summed E-state index contributed by atoms with van der Waals surface area (Å²) >= 11 is 0. The number of piperazine rings is 1. The molecule has 0 aliphatic carbocycles. The van der Waals surface area contributed by atoms with Gasteiger partial charge >= 0.3 is 0 Å². The smallest absolute Gasteiger partial charge is 0.0478 e. The topological polar surface area (TPSA) is 24.5 Å². The predicted molar refractivity (Wildman–Crippen MR) is 64.2 cm³/mol. The van der Waals surface area contributed by atoms with E-state index in [4.69, 9.17) is 4.74 Å². The van der Waals surface area contributed by atoms with Crippen molar-refractivity contribution in [3.63, 3.8) is 0 Å². The highest BCUT2D eigenvalue weighted by atomic mass is 16.5. The summed E-state index contributed by atoms with van der Waals surface area (Å²) in [6.45, 7) is 14.0. The minimum absolute atomic E-state index is 0.290. The van der Waals surface area contributed by atoms with Gasteiger partial charge in [0, 0.05) is 44.4 Å². The van der Waals surface area contributed by atoms with Crippen molar-refractivity contribution in [2.24, 2.45) is 0 Å². The van der Waals surface area contributed by atoms with Gasteiger partial charge in [0.05, 0.1) is 0 Å². The predicted octanol–water partition coefficient (Wildman–Crippen LogP) is 1.49. The van der Waals surface area contributed by atoms with Crippen LogP contribution >= 0.6 is 0 Å². The zero-order valence-corrected chi connectivity index (χ0v) is 10.7. The first-order chi connectivity index (χ1) is 7.06. The Balaban J connectivity index is 2.30. The Morgan fingerprint density at radius 2 is 2.20 bits per heavy atom. The molecule has 1 aliphatic rings. The number of ether oxygens (including phenoxy) is 1. The highest BCUT2D eigenvalue weighted by molar-refractivity contribution is 4.91. The lowest BCUT2D eigenvalue weighted by Crippen LogP contribution is -2.61. The van der Waals surface area contributed by atoms with E-state index in [9.17, 15) is 0 Å². The van der Waals surface area contributed by atoms with Crippen LogP contribution in [0.3, 0.4) is 0 Å². The summed E-state index contributed by atoms with van der Waals surface area (Å²) in [5, 5.41) is 3.53. The van der Waals surface area contributed by atoms with Crippen molar-refractivity contribution < 1.29 is 4.74 Å². The molecule has 0 aromatic carbocycles. The lowest BCUT2D eigenvalue weighted by atomic mass is 9.97. The Hall–Kier alpha value is -0.120. The average molecular weight is 214 g/mol. The molecule has 0 spiro atoms. The van der Waals surface area contributed by atoms with Crippen LogP contribution in [0.5, 0.6) is 0 Å². The second-order valence-corrected chi connectivity index (χ2v) is 5.09. The van der Waals surface area contributed by atoms with Crippen LogP contribution in [-0.4, -0.2) is 49.3 Å². The molecule has 1 unspecified atom stereocenters. The summed E-state index contributed by atoms with van der Waals surface area (Å²) in [5.74, 6) is 0. The summed E-state index contributed by atoms with van der Waals surface area (Å²) in [4.78, 5) is 2.58. The van der Waals surface area contributed by atoms with Gasteiger partial charge in [0.2, 0.25) is 0 Å². The molecular formula is C12H26N2O. The van der Waals surface area contributed by atoms with Crippen LogP contribution in [0.15, 0.2) is 0 Å². The highest BCUT2D eigenvalue weighted by Gasteiger charge is 2.31. The normalized spacial score (nSPS) is 26.8. The SMILES string of the molecule is CCOCCCN1CC(C)NCC1(C)C. The summed E-state index contributed by atoms with van der Waals surface area (Å²) in [6.07, 6.45) is 1.14. The molecule has 1 N–H and O–H groups in total. The molecule has 15 heavy (non-hydrogen) atoms. The Morgan fingerprint density at radius 3 is 2.87 bits per heavy atom. The van der Waals surface area contributed by atoms with Crippen LogP contribution in [0.1, 0.15) is 34.1 Å². The fraction of sp³-hybridized carbons (Fsp3) is 1.00. The standard InChI is InChI=1S/C12H26N2O/c1-5-15-8-6-7-14-9-11(2)13-10-12(14,3)4/h11,13H,5-10H2,1-4H3. The number of hydrogen-bond donors (Lipinski definition) is 1. The minimum Gasteiger partial charge on any atom is -0.382 e. The third-order valence-corrected chi connectivity index (χ3v) is 3.15. The molecule has 1 fully saturated rings. The van der Waals surface area contributed by atoms with E-state index >= 15 is 0 Å². The molecule has 0 amide bonds. The van der Waals surface area contributed by atoms with Crippen molar-refractivity contribution in [3.8, 4) is 0 Å². The van der Waals surface area contributed by atoms with Gasteiger partial charge < -0.3 is 10.1 Å². The molecule has 0 bridgehead atoms. The van der Waals surface area contributed by atoms with Gasteiger partial charge in [-0.25, -0.2) is 0 Å². The number of hydrogen-bond acceptors (Lipinski definition) is 3. The number of rotatable bonds is 5. The molecule has 0 radical (unpaired) electrons. The van der Waals surface area contributed by atoms with E-state index in [1.165, 1.54) is 0 Å². The van der Waals surface area contributed by atoms with Crippen molar-refractivity contribution in [1.82, 2.24) is 10.2 Å². The van der Waals surface area contributed by atoms with Gasteiger partial charge in [-0.1, -0.05) is 0 Å². The van der Waals surface area contributed by atoms with Crippen molar-refractivity contribution in [3.05, 3.63) is 0 Å².